The number of hydrogen-bond donors (Lipinski definition) is 3. The summed E-state index contributed by atoms with van der Waals surface area (Å²) in [6.45, 7) is 3.76. The SMILES string of the molecule is Cc1cc(C(=O)NCCNC(=O)c2cnn(C(C)C(=O)O)c2)nn1C. The van der Waals surface area contributed by atoms with Gasteiger partial charge >= 0.3 is 5.97 Å². The maximum Gasteiger partial charge on any atom is 0.328 e. The van der Waals surface area contributed by atoms with Crippen LogP contribution in [0.4, 0.5) is 0 Å². The highest BCUT2D eigenvalue weighted by molar-refractivity contribution is 5.94. The number of carbonyl (C=O) groups excluding carboxylic acids is 2. The van der Waals surface area contributed by atoms with Gasteiger partial charge in [0.2, 0.25) is 0 Å². The molecule has 3 N–H and O–H groups in total. The number of carboxylic acid groups (broad SMARTS) is 1. The van der Waals surface area contributed by atoms with Crippen molar-refractivity contribution in [1.29, 1.82) is 0 Å². The summed E-state index contributed by atoms with van der Waals surface area (Å²) in [6, 6.07) is 0.814. The molecular formula is C15H20N6O4. The topological polar surface area (TPSA) is 131 Å². The molecule has 2 aromatic heterocycles. The van der Waals surface area contributed by atoms with Gasteiger partial charge in [-0.15, -0.1) is 0 Å². The second-order valence-electron chi connectivity index (χ2n) is 5.53. The molecule has 0 fully saturated rings. The van der Waals surface area contributed by atoms with Crippen LogP contribution in [0.1, 0.15) is 39.5 Å². The summed E-state index contributed by atoms with van der Waals surface area (Å²) in [4.78, 5) is 34.8. The van der Waals surface area contributed by atoms with E-state index in [4.69, 9.17) is 5.11 Å². The number of nitrogens with one attached hydrogen (secondary N) is 2. The van der Waals surface area contributed by atoms with Gasteiger partial charge < -0.3 is 15.7 Å². The van der Waals surface area contributed by atoms with Crippen LogP contribution in [-0.2, 0) is 11.8 Å². The van der Waals surface area contributed by atoms with Crippen molar-refractivity contribution in [2.45, 2.75) is 19.9 Å². The van der Waals surface area contributed by atoms with E-state index in [1.165, 1.54) is 24.0 Å². The Hall–Kier alpha value is -3.17. The van der Waals surface area contributed by atoms with E-state index in [9.17, 15) is 14.4 Å². The van der Waals surface area contributed by atoms with Gasteiger partial charge in [0.25, 0.3) is 11.8 Å². The van der Waals surface area contributed by atoms with Crippen molar-refractivity contribution in [2.75, 3.05) is 13.1 Å². The molecule has 2 rings (SSSR count). The van der Waals surface area contributed by atoms with Crippen LogP contribution in [0.5, 0.6) is 0 Å². The summed E-state index contributed by atoms with van der Waals surface area (Å²) in [5.41, 5.74) is 1.43. The molecule has 2 aromatic rings. The first-order chi connectivity index (χ1) is 11.8. The van der Waals surface area contributed by atoms with E-state index in [0.717, 1.165) is 5.69 Å². The van der Waals surface area contributed by atoms with Crippen LogP contribution >= 0.6 is 0 Å². The number of aliphatic carboxylic acids is 1. The van der Waals surface area contributed by atoms with Gasteiger partial charge in [0.1, 0.15) is 11.7 Å². The zero-order valence-corrected chi connectivity index (χ0v) is 14.2. The Morgan fingerprint density at radius 3 is 2.44 bits per heavy atom. The minimum absolute atomic E-state index is 0.218. The molecular weight excluding hydrogens is 328 g/mol. The molecule has 1 unspecified atom stereocenters. The van der Waals surface area contributed by atoms with Crippen LogP contribution in [-0.4, -0.2) is 55.5 Å². The Bertz CT molecular complexity index is 774. The van der Waals surface area contributed by atoms with E-state index in [1.54, 1.807) is 17.8 Å². The third-order valence-electron chi connectivity index (χ3n) is 3.66. The average molecular weight is 348 g/mol. The van der Waals surface area contributed by atoms with Crippen molar-refractivity contribution in [3.63, 3.8) is 0 Å². The molecule has 2 amide bonds. The molecule has 0 aromatic carbocycles. The normalized spacial score (nSPS) is 11.8. The molecule has 2 heterocycles. The number of carbonyl (C=O) groups is 3. The van der Waals surface area contributed by atoms with Gasteiger partial charge in [-0.05, 0) is 19.9 Å². The number of aromatic nitrogens is 4. The zero-order chi connectivity index (χ0) is 18.6. The molecule has 1 atom stereocenters. The molecule has 0 bridgehead atoms. The van der Waals surface area contributed by atoms with Crippen molar-refractivity contribution < 1.29 is 19.5 Å². The summed E-state index contributed by atoms with van der Waals surface area (Å²) in [5.74, 6) is -1.75. The third-order valence-corrected chi connectivity index (χ3v) is 3.66. The summed E-state index contributed by atoms with van der Waals surface area (Å²) < 4.78 is 2.80. The molecule has 10 nitrogen and oxygen atoms in total. The Labute approximate surface area is 143 Å². The quantitative estimate of drug-likeness (QED) is 0.590. The fourth-order valence-electron chi connectivity index (χ4n) is 2.00. The van der Waals surface area contributed by atoms with Crippen molar-refractivity contribution in [3.05, 3.63) is 35.4 Å². The number of rotatable bonds is 7. The van der Waals surface area contributed by atoms with Crippen molar-refractivity contribution in [2.24, 2.45) is 7.05 Å². The lowest BCUT2D eigenvalue weighted by molar-refractivity contribution is -0.140. The van der Waals surface area contributed by atoms with E-state index in [0.29, 0.717) is 5.69 Å². The number of nitrogens with zero attached hydrogens (tertiary/aromatic N) is 4. The molecule has 134 valence electrons. The lowest BCUT2D eigenvalue weighted by Gasteiger charge is -2.06. The standard InChI is InChI=1S/C15H20N6O4/c1-9-6-12(19-20(9)3)14(23)17-5-4-16-13(22)11-7-18-21(8-11)10(2)15(24)25/h6-8,10H,4-5H2,1-3H3,(H,16,22)(H,17,23)(H,24,25). The van der Waals surface area contributed by atoms with E-state index in [1.807, 2.05) is 6.92 Å². The maximum absolute atomic E-state index is 12.0. The number of hydrogen-bond acceptors (Lipinski definition) is 5. The molecule has 25 heavy (non-hydrogen) atoms. The van der Waals surface area contributed by atoms with Crippen molar-refractivity contribution in [1.82, 2.24) is 30.2 Å². The first kappa shape index (κ1) is 18.2. The Kier molecular flexibility index (Phi) is 5.52. The molecule has 0 saturated heterocycles. The summed E-state index contributed by atoms with van der Waals surface area (Å²) >= 11 is 0. The molecule has 0 saturated carbocycles. The van der Waals surface area contributed by atoms with Gasteiger partial charge in [-0.3, -0.25) is 19.0 Å². The zero-order valence-electron chi connectivity index (χ0n) is 14.2. The maximum atomic E-state index is 12.0. The summed E-state index contributed by atoms with van der Waals surface area (Å²) in [7, 11) is 1.75. The van der Waals surface area contributed by atoms with Gasteiger partial charge in [0.15, 0.2) is 0 Å². The predicted octanol–water partition coefficient (Wildman–Crippen LogP) is -0.270. The van der Waals surface area contributed by atoms with E-state index in [2.05, 4.69) is 20.8 Å². The van der Waals surface area contributed by atoms with E-state index < -0.39 is 17.9 Å². The highest BCUT2D eigenvalue weighted by atomic mass is 16.4. The largest absolute Gasteiger partial charge is 0.480 e. The van der Waals surface area contributed by atoms with Crippen LogP contribution in [0.15, 0.2) is 18.5 Å². The summed E-state index contributed by atoms with van der Waals surface area (Å²) in [6.07, 6.45) is 2.66. The number of carboxylic acids is 1. The lowest BCUT2D eigenvalue weighted by Crippen LogP contribution is -2.34. The van der Waals surface area contributed by atoms with Gasteiger partial charge in [-0.1, -0.05) is 0 Å². The second-order valence-corrected chi connectivity index (χ2v) is 5.53. The lowest BCUT2D eigenvalue weighted by atomic mass is 10.3. The van der Waals surface area contributed by atoms with Crippen LogP contribution in [0.3, 0.4) is 0 Å². The van der Waals surface area contributed by atoms with Crippen molar-refractivity contribution >= 4 is 17.8 Å². The van der Waals surface area contributed by atoms with Gasteiger partial charge in [0, 0.05) is 32.0 Å². The minimum Gasteiger partial charge on any atom is -0.480 e. The van der Waals surface area contributed by atoms with Crippen LogP contribution in [0.2, 0.25) is 0 Å². The first-order valence-corrected chi connectivity index (χ1v) is 7.63. The van der Waals surface area contributed by atoms with Crippen LogP contribution in [0.25, 0.3) is 0 Å². The predicted molar refractivity (Wildman–Crippen MR) is 87.2 cm³/mol. The molecule has 10 heteroatoms. The first-order valence-electron chi connectivity index (χ1n) is 7.63. The fraction of sp³-hybridized carbons (Fsp3) is 0.400. The fourth-order valence-corrected chi connectivity index (χ4v) is 2.00. The van der Waals surface area contributed by atoms with E-state index >= 15 is 0 Å². The molecule has 0 aliphatic rings. The monoisotopic (exact) mass is 348 g/mol. The summed E-state index contributed by atoms with van der Waals surface area (Å²) in [5, 5.41) is 22.1. The average Bonchev–Trinajstić information content (AvgIpc) is 3.18. The Balaban J connectivity index is 1.79. The Morgan fingerprint density at radius 2 is 1.88 bits per heavy atom. The molecule has 0 aliphatic carbocycles. The molecule has 0 radical (unpaired) electrons. The van der Waals surface area contributed by atoms with Crippen molar-refractivity contribution in [3.8, 4) is 0 Å². The highest BCUT2D eigenvalue weighted by Gasteiger charge is 2.16. The van der Waals surface area contributed by atoms with Crippen LogP contribution < -0.4 is 10.6 Å². The third kappa shape index (κ3) is 4.43. The number of aryl methyl sites for hydroxylation is 2. The minimum atomic E-state index is -1.04. The molecule has 0 aliphatic heterocycles. The van der Waals surface area contributed by atoms with Gasteiger partial charge in [-0.2, -0.15) is 10.2 Å². The molecule has 0 spiro atoms. The van der Waals surface area contributed by atoms with Gasteiger partial charge in [0.05, 0.1) is 11.8 Å². The van der Waals surface area contributed by atoms with Crippen LogP contribution in [0, 0.1) is 6.92 Å². The smallest absolute Gasteiger partial charge is 0.328 e. The van der Waals surface area contributed by atoms with Gasteiger partial charge in [-0.25, -0.2) is 4.79 Å². The second kappa shape index (κ2) is 7.60. The number of amides is 2. The van der Waals surface area contributed by atoms with E-state index in [-0.39, 0.29) is 24.6 Å². The Morgan fingerprint density at radius 1 is 1.24 bits per heavy atom. The highest BCUT2D eigenvalue weighted by Crippen LogP contribution is 2.06.